The van der Waals surface area contributed by atoms with Crippen molar-refractivity contribution in [2.45, 2.75) is 32.8 Å². The van der Waals surface area contributed by atoms with Crippen molar-refractivity contribution < 1.29 is 28.9 Å². The van der Waals surface area contributed by atoms with E-state index in [9.17, 15) is 14.7 Å². The third-order valence-corrected chi connectivity index (χ3v) is 5.01. The number of nitrogens with zero attached hydrogens (tertiary/aromatic N) is 1. The maximum Gasteiger partial charge on any atom is 0.334 e. The van der Waals surface area contributed by atoms with E-state index < -0.39 is 29.6 Å². The summed E-state index contributed by atoms with van der Waals surface area (Å²) in [6, 6.07) is 5.74. The van der Waals surface area contributed by atoms with Crippen LogP contribution in [-0.4, -0.2) is 47.5 Å². The summed E-state index contributed by atoms with van der Waals surface area (Å²) in [5, 5.41) is 10.8. The number of hydrogen-bond donors (Lipinski definition) is 1. The molecule has 2 heterocycles. The predicted octanol–water partition coefficient (Wildman–Crippen LogP) is 2.84. The SMILES string of the molecule is COc1ccc2c(c1)c(/C=C1\CC(CO)(COC(=O)C(C)(C)C)OC1=O)cn2C. The van der Waals surface area contributed by atoms with Crippen LogP contribution < -0.4 is 4.74 Å². The van der Waals surface area contributed by atoms with Crippen molar-refractivity contribution >= 4 is 28.9 Å². The van der Waals surface area contributed by atoms with Crippen LogP contribution >= 0.6 is 0 Å². The van der Waals surface area contributed by atoms with Crippen LogP contribution in [0.4, 0.5) is 0 Å². The number of aryl methyl sites for hydroxylation is 1. The third kappa shape index (κ3) is 4.15. The fraction of sp³-hybridized carbons (Fsp3) is 0.455. The Hall–Kier alpha value is -2.80. The van der Waals surface area contributed by atoms with E-state index in [2.05, 4.69) is 0 Å². The van der Waals surface area contributed by atoms with E-state index in [0.717, 1.165) is 22.2 Å². The van der Waals surface area contributed by atoms with Gasteiger partial charge in [-0.1, -0.05) is 0 Å². The van der Waals surface area contributed by atoms with E-state index in [4.69, 9.17) is 14.2 Å². The van der Waals surface area contributed by atoms with Crippen LogP contribution in [0, 0.1) is 5.41 Å². The van der Waals surface area contributed by atoms with Gasteiger partial charge in [-0.3, -0.25) is 4.79 Å². The lowest BCUT2D eigenvalue weighted by molar-refractivity contribution is -0.171. The van der Waals surface area contributed by atoms with Crippen molar-refractivity contribution in [3.05, 3.63) is 35.5 Å². The Morgan fingerprint density at radius 1 is 1.38 bits per heavy atom. The number of benzene rings is 1. The lowest BCUT2D eigenvalue weighted by atomic mass is 9.96. The molecule has 0 aliphatic carbocycles. The Morgan fingerprint density at radius 3 is 2.72 bits per heavy atom. The Kier molecular flexibility index (Phi) is 5.45. The van der Waals surface area contributed by atoms with Crippen molar-refractivity contribution in [3.63, 3.8) is 0 Å². The number of rotatable bonds is 5. The minimum Gasteiger partial charge on any atom is -0.497 e. The van der Waals surface area contributed by atoms with Gasteiger partial charge in [-0.2, -0.15) is 0 Å². The van der Waals surface area contributed by atoms with Crippen LogP contribution in [0.25, 0.3) is 17.0 Å². The third-order valence-electron chi connectivity index (χ3n) is 5.01. The number of ether oxygens (including phenoxy) is 3. The number of aromatic nitrogens is 1. The number of hydrogen-bond acceptors (Lipinski definition) is 6. The first-order valence-corrected chi connectivity index (χ1v) is 9.44. The normalized spacial score (nSPS) is 20.9. The fourth-order valence-corrected chi connectivity index (χ4v) is 3.29. The Morgan fingerprint density at radius 2 is 2.10 bits per heavy atom. The van der Waals surface area contributed by atoms with Gasteiger partial charge in [-0.15, -0.1) is 0 Å². The number of carbonyl (C=O) groups excluding carboxylic acids is 2. The van der Waals surface area contributed by atoms with E-state index in [1.165, 1.54) is 0 Å². The van der Waals surface area contributed by atoms with Crippen LogP contribution in [0.5, 0.6) is 5.75 Å². The van der Waals surface area contributed by atoms with Crippen LogP contribution in [-0.2, 0) is 26.1 Å². The summed E-state index contributed by atoms with van der Waals surface area (Å²) < 4.78 is 18.0. The van der Waals surface area contributed by atoms with E-state index in [1.54, 1.807) is 34.0 Å². The smallest absolute Gasteiger partial charge is 0.334 e. The number of esters is 2. The van der Waals surface area contributed by atoms with E-state index in [0.29, 0.717) is 5.57 Å². The molecule has 1 aromatic heterocycles. The van der Waals surface area contributed by atoms with E-state index in [1.807, 2.05) is 36.0 Å². The first-order valence-electron chi connectivity index (χ1n) is 9.44. The minimum absolute atomic E-state index is 0.153. The second-order valence-electron chi connectivity index (χ2n) is 8.48. The molecule has 156 valence electrons. The topological polar surface area (TPSA) is 87.0 Å². The molecule has 0 amide bonds. The molecular formula is C22H27NO6. The first kappa shape index (κ1) is 20.9. The summed E-state index contributed by atoms with van der Waals surface area (Å²) >= 11 is 0. The number of cyclic esters (lactones) is 1. The molecular weight excluding hydrogens is 374 g/mol. The highest BCUT2D eigenvalue weighted by Crippen LogP contribution is 2.35. The molecule has 0 spiro atoms. The molecule has 2 aromatic rings. The van der Waals surface area contributed by atoms with Crippen molar-refractivity contribution in [2.24, 2.45) is 12.5 Å². The zero-order valence-corrected chi connectivity index (χ0v) is 17.4. The molecule has 1 saturated heterocycles. The summed E-state index contributed by atoms with van der Waals surface area (Å²) in [6.07, 6.45) is 3.83. The highest BCUT2D eigenvalue weighted by Gasteiger charge is 2.45. The first-order chi connectivity index (χ1) is 13.6. The van der Waals surface area contributed by atoms with Gasteiger partial charge in [-0.05, 0) is 45.0 Å². The standard InChI is InChI=1S/C22H27NO6/c1-21(2,3)20(26)28-13-22(12-24)10-14(19(25)29-22)8-15-11-23(4)18-7-6-16(27-5)9-17(15)18/h6-9,11,24H,10,12-13H2,1-5H3/b14-8+. The zero-order chi connectivity index (χ0) is 21.4. The summed E-state index contributed by atoms with van der Waals surface area (Å²) in [4.78, 5) is 24.6. The molecule has 1 aliphatic heterocycles. The number of methoxy groups -OCH3 is 1. The molecule has 7 heteroatoms. The zero-order valence-electron chi connectivity index (χ0n) is 17.4. The summed E-state index contributed by atoms with van der Waals surface area (Å²) in [7, 11) is 3.53. The summed E-state index contributed by atoms with van der Waals surface area (Å²) in [5.74, 6) is -0.221. The van der Waals surface area contributed by atoms with Crippen molar-refractivity contribution in [1.29, 1.82) is 0 Å². The van der Waals surface area contributed by atoms with Crippen LogP contribution in [0.3, 0.4) is 0 Å². The Bertz CT molecular complexity index is 981. The van der Waals surface area contributed by atoms with Crippen LogP contribution in [0.1, 0.15) is 32.8 Å². The van der Waals surface area contributed by atoms with Gasteiger partial charge in [0, 0.05) is 41.7 Å². The highest BCUT2D eigenvalue weighted by atomic mass is 16.6. The quantitative estimate of drug-likeness (QED) is 0.612. The van der Waals surface area contributed by atoms with Gasteiger partial charge in [-0.25, -0.2) is 4.79 Å². The molecule has 1 atom stereocenters. The maximum absolute atomic E-state index is 12.5. The maximum atomic E-state index is 12.5. The predicted molar refractivity (Wildman–Crippen MR) is 108 cm³/mol. The lowest BCUT2D eigenvalue weighted by Crippen LogP contribution is -2.40. The molecule has 0 radical (unpaired) electrons. The number of aliphatic hydroxyl groups excluding tert-OH is 1. The number of carbonyl (C=O) groups is 2. The largest absolute Gasteiger partial charge is 0.497 e. The molecule has 1 unspecified atom stereocenters. The number of fused-ring (bicyclic) bond motifs is 1. The molecule has 1 fully saturated rings. The van der Waals surface area contributed by atoms with Gasteiger partial charge in [0.05, 0.1) is 19.1 Å². The molecule has 7 nitrogen and oxygen atoms in total. The molecule has 1 aliphatic rings. The average Bonchev–Trinajstić information content (AvgIpc) is 3.16. The van der Waals surface area contributed by atoms with E-state index in [-0.39, 0.29) is 13.0 Å². The Labute approximate surface area is 169 Å². The summed E-state index contributed by atoms with van der Waals surface area (Å²) in [6.45, 7) is 4.59. The minimum atomic E-state index is -1.26. The molecule has 1 aromatic carbocycles. The van der Waals surface area contributed by atoms with Gasteiger partial charge in [0.2, 0.25) is 0 Å². The molecule has 0 bridgehead atoms. The molecule has 29 heavy (non-hydrogen) atoms. The average molecular weight is 401 g/mol. The lowest BCUT2D eigenvalue weighted by Gasteiger charge is -2.26. The van der Waals surface area contributed by atoms with Crippen molar-refractivity contribution in [1.82, 2.24) is 4.57 Å². The fourth-order valence-electron chi connectivity index (χ4n) is 3.29. The second-order valence-corrected chi connectivity index (χ2v) is 8.48. The van der Waals surface area contributed by atoms with Gasteiger partial charge >= 0.3 is 11.9 Å². The van der Waals surface area contributed by atoms with Gasteiger partial charge in [0.1, 0.15) is 12.4 Å². The molecule has 3 rings (SSSR count). The Balaban J connectivity index is 1.88. The van der Waals surface area contributed by atoms with E-state index >= 15 is 0 Å². The van der Waals surface area contributed by atoms with Crippen molar-refractivity contribution in [3.8, 4) is 5.75 Å². The molecule has 0 saturated carbocycles. The van der Waals surface area contributed by atoms with Gasteiger partial charge in [0.15, 0.2) is 5.60 Å². The molecule has 1 N–H and O–H groups in total. The monoisotopic (exact) mass is 401 g/mol. The van der Waals surface area contributed by atoms with Crippen LogP contribution in [0.15, 0.2) is 30.0 Å². The van der Waals surface area contributed by atoms with Crippen molar-refractivity contribution in [2.75, 3.05) is 20.3 Å². The van der Waals surface area contributed by atoms with Crippen LogP contribution in [0.2, 0.25) is 0 Å². The number of aliphatic hydroxyl groups is 1. The summed E-state index contributed by atoms with van der Waals surface area (Å²) in [5.41, 5.74) is 0.318. The second kappa shape index (κ2) is 7.55. The van der Waals surface area contributed by atoms with Gasteiger partial charge in [0.25, 0.3) is 0 Å². The van der Waals surface area contributed by atoms with Gasteiger partial charge < -0.3 is 23.9 Å². The highest BCUT2D eigenvalue weighted by molar-refractivity contribution is 6.00.